The Morgan fingerprint density at radius 3 is 0.846 bits per heavy atom. The van der Waals surface area contributed by atoms with Crippen molar-refractivity contribution in [3.05, 3.63) is 85.5 Å². The summed E-state index contributed by atoms with van der Waals surface area (Å²) in [5, 5.41) is 0. The molecule has 3 rings (SSSR count). The molecule has 0 spiro atoms. The van der Waals surface area contributed by atoms with E-state index in [1.165, 1.54) is 0 Å². The molecule has 2 aromatic carbocycles. The summed E-state index contributed by atoms with van der Waals surface area (Å²) in [6.45, 7) is 0. The molecule has 0 atom stereocenters. The second-order valence-corrected chi connectivity index (χ2v) is 4.48. The van der Waals surface area contributed by atoms with E-state index in [2.05, 4.69) is 19.9 Å². The molecule has 0 unspecified atom stereocenters. The molecule has 1 aromatic heterocycles. The molecule has 0 saturated carbocycles. The summed E-state index contributed by atoms with van der Waals surface area (Å²) in [5.41, 5.74) is 3.25. The van der Waals surface area contributed by atoms with Crippen LogP contribution in [0.2, 0.25) is 0 Å². The fourth-order valence-corrected chi connectivity index (χ4v) is 1.94. The van der Waals surface area contributed by atoms with E-state index < -0.39 is 0 Å². The van der Waals surface area contributed by atoms with Gasteiger partial charge in [0.05, 0.1) is 22.1 Å². The van der Waals surface area contributed by atoms with E-state index in [9.17, 15) is 0 Å². The molecule has 0 amide bonds. The van der Waals surface area contributed by atoms with Crippen LogP contribution in [0.4, 0.5) is 0 Å². The van der Waals surface area contributed by atoms with E-state index in [-0.39, 0.29) is 88.7 Å². The molecule has 136 valence electrons. The zero-order valence-electron chi connectivity index (χ0n) is 13.3. The van der Waals surface area contributed by atoms with Gasteiger partial charge in [-0.25, -0.2) is 0 Å². The van der Waals surface area contributed by atoms with Crippen molar-refractivity contribution in [1.29, 1.82) is 0 Å². The first-order valence-electron chi connectivity index (χ1n) is 6.92. The summed E-state index contributed by atoms with van der Waals surface area (Å²) in [7, 11) is 0. The van der Waals surface area contributed by atoms with Gasteiger partial charge in [-0.1, -0.05) is 24.3 Å². The van der Waals surface area contributed by atoms with Gasteiger partial charge in [-0.15, -0.1) is 0 Å². The Hall–Kier alpha value is -0.444. The first-order chi connectivity index (χ1) is 10.9. The van der Waals surface area contributed by atoms with Crippen molar-refractivity contribution in [3.63, 3.8) is 0 Å². The van der Waals surface area contributed by atoms with Crippen molar-refractivity contribution in [2.75, 3.05) is 0 Å². The van der Waals surface area contributed by atoms with Crippen molar-refractivity contribution in [3.8, 4) is 0 Å². The third-order valence-corrected chi connectivity index (χ3v) is 2.96. The normalized spacial score (nSPS) is 8.31. The Morgan fingerprint density at radius 2 is 0.615 bits per heavy atom. The van der Waals surface area contributed by atoms with Crippen molar-refractivity contribution in [1.82, 2.24) is 19.9 Å². The van der Waals surface area contributed by atoms with Crippen LogP contribution in [-0.4, -0.2) is 19.9 Å². The van der Waals surface area contributed by atoms with Gasteiger partial charge in [-0.2, -0.15) is 0 Å². The van der Waals surface area contributed by atoms with E-state index in [1.54, 1.807) is 36.9 Å². The predicted octanol–water partition coefficient (Wildman–Crippen LogP) is -5.17. The topological polar surface area (TPSA) is 51.6 Å². The van der Waals surface area contributed by atoms with Crippen LogP contribution in [0.15, 0.2) is 85.5 Å². The van der Waals surface area contributed by atoms with Gasteiger partial charge in [0.15, 0.2) is 0 Å². The maximum absolute atomic E-state index is 4.40. The summed E-state index contributed by atoms with van der Waals surface area (Å²) in [4.78, 5) is 17.6. The second kappa shape index (κ2) is 15.6. The van der Waals surface area contributed by atoms with Crippen LogP contribution in [0, 0.1) is 0 Å². The number of fused-ring (bicyclic) bond motifs is 2. The molecule has 4 nitrogen and oxygen atoms in total. The van der Waals surface area contributed by atoms with E-state index in [1.807, 2.05) is 48.5 Å². The van der Waals surface area contributed by atoms with Gasteiger partial charge < -0.3 is 71.9 Å². The van der Waals surface area contributed by atoms with Crippen LogP contribution >= 0.6 is 0 Å². The van der Waals surface area contributed by atoms with Crippen LogP contribution in [0.25, 0.3) is 22.1 Å². The zero-order valence-corrected chi connectivity index (χ0v) is 20.9. The monoisotopic (exact) mass is 726 g/mol. The summed E-state index contributed by atoms with van der Waals surface area (Å²) < 4.78 is 0. The van der Waals surface area contributed by atoms with Gasteiger partial charge in [0, 0.05) is 24.8 Å². The molecule has 0 fully saturated rings. The number of aromatic nitrogens is 4. The fraction of sp³-hybridized carbons (Fsp3) is 0. The molecule has 8 heteroatoms. The van der Waals surface area contributed by atoms with Crippen LogP contribution in [0.3, 0.4) is 0 Å². The van der Waals surface area contributed by atoms with Gasteiger partial charge in [-0.3, -0.25) is 19.9 Å². The largest absolute Gasteiger partial charge is 3.00 e. The number of halogens is 3. The number of nitrogens with zero attached hydrogens (tertiary/aromatic N) is 4. The van der Waals surface area contributed by atoms with Crippen molar-refractivity contribution in [2.24, 2.45) is 0 Å². The molecule has 0 aliphatic heterocycles. The summed E-state index contributed by atoms with van der Waals surface area (Å²) in [6.07, 6.45) is 6.83. The number of para-hydroxylation sites is 4. The van der Waals surface area contributed by atoms with Crippen LogP contribution in [0.5, 0.6) is 0 Å². The SMILES string of the molecule is [Co+3].[I-].[I-].[I-].c1cnc2ccccc2ncccnc2ccccc2nc1. The van der Waals surface area contributed by atoms with E-state index in [0.717, 1.165) is 22.1 Å². The maximum atomic E-state index is 4.40. The van der Waals surface area contributed by atoms with Gasteiger partial charge in [-0.05, 0) is 36.4 Å². The van der Waals surface area contributed by atoms with Gasteiger partial charge in [0.1, 0.15) is 0 Å². The van der Waals surface area contributed by atoms with E-state index in [4.69, 9.17) is 0 Å². The Balaban J connectivity index is 0. The molecule has 26 heavy (non-hydrogen) atoms. The average molecular weight is 726 g/mol. The third kappa shape index (κ3) is 8.50. The molecule has 0 bridgehead atoms. The van der Waals surface area contributed by atoms with Crippen molar-refractivity contribution < 1.29 is 88.7 Å². The number of hydrogen-bond donors (Lipinski definition) is 0. The van der Waals surface area contributed by atoms with Gasteiger partial charge >= 0.3 is 16.8 Å². The average Bonchev–Trinajstić information content (AvgIpc) is 2.56. The Morgan fingerprint density at radius 1 is 0.385 bits per heavy atom. The van der Waals surface area contributed by atoms with Crippen LogP contribution in [0.1, 0.15) is 0 Å². The molecule has 0 aliphatic carbocycles. The standard InChI is InChI=1S/C18H14N4.Co.3HI/c1-2-8-16-15(7-1)19-11-5-13-21-17-9-3-4-10-18(17)22-14-6-12-20-16;;;;/h1-14H;;3*1H/q;+3;;;/p-3. The number of benzene rings is 2. The smallest absolute Gasteiger partial charge is 1.00 e. The first-order valence-corrected chi connectivity index (χ1v) is 6.92. The fourth-order valence-electron chi connectivity index (χ4n) is 1.94. The molecule has 0 N–H and O–H groups in total. The second-order valence-electron chi connectivity index (χ2n) is 4.48. The predicted molar refractivity (Wildman–Crippen MR) is 87.9 cm³/mol. The van der Waals surface area contributed by atoms with Gasteiger partial charge in [0.25, 0.3) is 0 Å². The van der Waals surface area contributed by atoms with E-state index in [0.29, 0.717) is 0 Å². The van der Waals surface area contributed by atoms with Crippen molar-refractivity contribution in [2.45, 2.75) is 0 Å². The molecule has 3 aromatic rings. The first kappa shape index (κ1) is 27.8. The third-order valence-electron chi connectivity index (χ3n) is 2.96. The minimum atomic E-state index is 0. The molecular weight excluding hydrogens is 712 g/mol. The quantitative estimate of drug-likeness (QED) is 0.218. The van der Waals surface area contributed by atoms with Crippen LogP contribution in [-0.2, 0) is 16.8 Å². The zero-order chi connectivity index (χ0) is 15.0. The summed E-state index contributed by atoms with van der Waals surface area (Å²) in [6, 6.07) is 19.0. The minimum Gasteiger partial charge on any atom is -1.00 e. The van der Waals surface area contributed by atoms with Crippen LogP contribution < -0.4 is 71.9 Å². The summed E-state index contributed by atoms with van der Waals surface area (Å²) in [5.74, 6) is 0. The summed E-state index contributed by atoms with van der Waals surface area (Å²) >= 11 is 0. The molecular formula is C18H14CoI3N4. The maximum Gasteiger partial charge on any atom is 3.00 e. The number of hydrogen-bond acceptors (Lipinski definition) is 4. The Bertz CT molecular complexity index is 779. The Labute approximate surface area is 214 Å². The van der Waals surface area contributed by atoms with Gasteiger partial charge in [0.2, 0.25) is 0 Å². The Kier molecular flexibility index (Phi) is 16.7. The minimum absolute atomic E-state index is 0. The van der Waals surface area contributed by atoms with E-state index >= 15 is 0 Å². The molecule has 0 radical (unpaired) electrons. The molecule has 0 saturated heterocycles. The molecule has 0 aliphatic rings. The molecule has 1 heterocycles. The van der Waals surface area contributed by atoms with Crippen molar-refractivity contribution >= 4 is 22.1 Å². The number of rotatable bonds is 0.